The van der Waals surface area contributed by atoms with Crippen LogP contribution in [0.15, 0.2) is 24.3 Å². The third kappa shape index (κ3) is 2.57. The van der Waals surface area contributed by atoms with Crippen molar-refractivity contribution in [2.45, 2.75) is 26.7 Å². The number of hydrogen-bond donors (Lipinski definition) is 1. The van der Waals surface area contributed by atoms with E-state index < -0.39 is 0 Å². The number of aryl methyl sites for hydroxylation is 1. The average molecular weight is 193 g/mol. The summed E-state index contributed by atoms with van der Waals surface area (Å²) in [5.41, 5.74) is 1.73. The average Bonchev–Trinajstić information content (AvgIpc) is 2.18. The Morgan fingerprint density at radius 2 is 1.93 bits per heavy atom. The molecule has 14 heavy (non-hydrogen) atoms. The quantitative estimate of drug-likeness (QED) is 0.591. The van der Waals surface area contributed by atoms with Gasteiger partial charge in [-0.2, -0.15) is 5.06 Å². The Kier molecular flexibility index (Phi) is 3.65. The van der Waals surface area contributed by atoms with Crippen LogP contribution in [0.25, 0.3) is 0 Å². The molecule has 76 valence electrons. The summed E-state index contributed by atoms with van der Waals surface area (Å²) in [6, 6.07) is 7.33. The van der Waals surface area contributed by atoms with Crippen molar-refractivity contribution < 1.29 is 10.0 Å². The molecule has 0 aromatic heterocycles. The second-order valence-electron chi connectivity index (χ2n) is 3.25. The fraction of sp³-hybridized carbons (Fsp3) is 0.364. The number of nitrogens with zero attached hydrogens (tertiary/aromatic N) is 1. The molecule has 0 aliphatic heterocycles. The maximum absolute atomic E-state index is 10.8. The highest BCUT2D eigenvalue weighted by atomic mass is 16.5. The van der Waals surface area contributed by atoms with Gasteiger partial charge in [0.25, 0.3) is 0 Å². The predicted molar refractivity (Wildman–Crippen MR) is 55.4 cm³/mol. The van der Waals surface area contributed by atoms with Crippen molar-refractivity contribution in [1.29, 1.82) is 0 Å². The largest absolute Gasteiger partial charge is 0.281 e. The molecule has 0 saturated carbocycles. The van der Waals surface area contributed by atoms with Crippen molar-refractivity contribution in [3.05, 3.63) is 29.8 Å². The molecule has 0 bridgehead atoms. The van der Waals surface area contributed by atoms with Gasteiger partial charge in [0, 0.05) is 6.92 Å². The first-order valence-corrected chi connectivity index (χ1v) is 4.73. The highest BCUT2D eigenvalue weighted by Gasteiger charge is 2.06. The second kappa shape index (κ2) is 4.77. The van der Waals surface area contributed by atoms with Crippen LogP contribution in [0.2, 0.25) is 0 Å². The minimum atomic E-state index is -0.381. The van der Waals surface area contributed by atoms with Crippen molar-refractivity contribution in [3.63, 3.8) is 0 Å². The summed E-state index contributed by atoms with van der Waals surface area (Å²) in [6.07, 6.45) is 2.11. The van der Waals surface area contributed by atoms with Gasteiger partial charge in [0.2, 0.25) is 5.91 Å². The van der Waals surface area contributed by atoms with Gasteiger partial charge in [-0.3, -0.25) is 10.0 Å². The van der Waals surface area contributed by atoms with Gasteiger partial charge in [0.05, 0.1) is 5.69 Å². The highest BCUT2D eigenvalue weighted by Crippen LogP contribution is 2.14. The third-order valence-electron chi connectivity index (χ3n) is 2.02. The van der Waals surface area contributed by atoms with Crippen molar-refractivity contribution in [1.82, 2.24) is 0 Å². The molecule has 3 nitrogen and oxygen atoms in total. The molecule has 1 aromatic carbocycles. The number of hydrogen-bond acceptors (Lipinski definition) is 2. The highest BCUT2D eigenvalue weighted by molar-refractivity contribution is 5.88. The first kappa shape index (κ1) is 10.7. The van der Waals surface area contributed by atoms with Crippen molar-refractivity contribution in [3.8, 4) is 0 Å². The number of amides is 1. The minimum Gasteiger partial charge on any atom is -0.281 e. The number of rotatable bonds is 3. The van der Waals surface area contributed by atoms with Crippen molar-refractivity contribution in [2.75, 3.05) is 5.06 Å². The van der Waals surface area contributed by atoms with Gasteiger partial charge in [-0.05, 0) is 24.1 Å². The van der Waals surface area contributed by atoms with Gasteiger partial charge in [-0.25, -0.2) is 0 Å². The smallest absolute Gasteiger partial charge is 0.247 e. The van der Waals surface area contributed by atoms with Crippen molar-refractivity contribution in [2.24, 2.45) is 0 Å². The summed E-state index contributed by atoms with van der Waals surface area (Å²) >= 11 is 0. The van der Waals surface area contributed by atoms with E-state index in [-0.39, 0.29) is 5.91 Å². The molecule has 0 spiro atoms. The van der Waals surface area contributed by atoms with Gasteiger partial charge in [0.15, 0.2) is 0 Å². The first-order chi connectivity index (χ1) is 6.65. The van der Waals surface area contributed by atoms with Crippen LogP contribution < -0.4 is 5.06 Å². The van der Waals surface area contributed by atoms with Crippen LogP contribution in [0.5, 0.6) is 0 Å². The number of benzene rings is 1. The standard InChI is InChI=1S/C11H15NO2/c1-3-4-10-5-7-11(8-6-10)12(14)9(2)13/h5-8,14H,3-4H2,1-2H3. The van der Waals surface area contributed by atoms with Crippen LogP contribution in [-0.4, -0.2) is 11.1 Å². The fourth-order valence-electron chi connectivity index (χ4n) is 1.27. The molecule has 1 aromatic rings. The van der Waals surface area contributed by atoms with E-state index in [0.717, 1.165) is 12.8 Å². The maximum atomic E-state index is 10.8. The molecule has 0 aliphatic rings. The Hall–Kier alpha value is -1.35. The number of carbonyl (C=O) groups is 1. The zero-order valence-electron chi connectivity index (χ0n) is 8.53. The molecule has 0 heterocycles. The first-order valence-electron chi connectivity index (χ1n) is 4.73. The Bertz CT molecular complexity index is 306. The zero-order chi connectivity index (χ0) is 10.6. The molecule has 0 atom stereocenters. The lowest BCUT2D eigenvalue weighted by Gasteiger charge is -2.12. The lowest BCUT2D eigenvalue weighted by molar-refractivity contribution is -0.121. The predicted octanol–water partition coefficient (Wildman–Crippen LogP) is 2.38. The molecular weight excluding hydrogens is 178 g/mol. The Labute approximate surface area is 83.9 Å². The molecule has 1 amide bonds. The normalized spacial score (nSPS) is 9.93. The Morgan fingerprint density at radius 1 is 1.36 bits per heavy atom. The van der Waals surface area contributed by atoms with Gasteiger partial charge in [0.1, 0.15) is 0 Å². The summed E-state index contributed by atoms with van der Waals surface area (Å²) in [4.78, 5) is 10.8. The van der Waals surface area contributed by atoms with E-state index in [0.29, 0.717) is 10.8 Å². The molecule has 0 radical (unpaired) electrons. The molecule has 0 fully saturated rings. The van der Waals surface area contributed by atoms with Crippen LogP contribution in [0.4, 0.5) is 5.69 Å². The number of carbonyl (C=O) groups excluding carboxylic acids is 1. The lowest BCUT2D eigenvalue weighted by atomic mass is 10.1. The maximum Gasteiger partial charge on any atom is 0.247 e. The Balaban J connectivity index is 2.77. The van der Waals surface area contributed by atoms with Crippen molar-refractivity contribution >= 4 is 11.6 Å². The second-order valence-corrected chi connectivity index (χ2v) is 3.25. The molecule has 1 N–H and O–H groups in total. The molecule has 0 unspecified atom stereocenters. The summed E-state index contributed by atoms with van der Waals surface area (Å²) < 4.78 is 0. The summed E-state index contributed by atoms with van der Waals surface area (Å²) in [6.45, 7) is 3.43. The van der Waals surface area contributed by atoms with E-state index in [2.05, 4.69) is 6.92 Å². The van der Waals surface area contributed by atoms with E-state index in [4.69, 9.17) is 0 Å². The van der Waals surface area contributed by atoms with E-state index in [1.165, 1.54) is 12.5 Å². The number of anilines is 1. The van der Waals surface area contributed by atoms with Gasteiger partial charge in [-0.1, -0.05) is 25.5 Å². The van der Waals surface area contributed by atoms with E-state index >= 15 is 0 Å². The third-order valence-corrected chi connectivity index (χ3v) is 2.02. The zero-order valence-corrected chi connectivity index (χ0v) is 8.53. The fourth-order valence-corrected chi connectivity index (χ4v) is 1.27. The topological polar surface area (TPSA) is 40.5 Å². The summed E-state index contributed by atoms with van der Waals surface area (Å²) in [5, 5.41) is 9.95. The molecular formula is C11H15NO2. The minimum absolute atomic E-state index is 0.381. The van der Waals surface area contributed by atoms with Gasteiger partial charge >= 0.3 is 0 Å². The monoisotopic (exact) mass is 193 g/mol. The van der Waals surface area contributed by atoms with Gasteiger partial charge < -0.3 is 0 Å². The van der Waals surface area contributed by atoms with E-state index in [1.54, 1.807) is 12.1 Å². The molecule has 3 heteroatoms. The SMILES string of the molecule is CCCc1ccc(N(O)C(C)=O)cc1. The molecule has 0 aliphatic carbocycles. The van der Waals surface area contributed by atoms with E-state index in [9.17, 15) is 10.0 Å². The lowest BCUT2D eigenvalue weighted by Crippen LogP contribution is -2.23. The Morgan fingerprint density at radius 3 is 2.36 bits per heavy atom. The van der Waals surface area contributed by atoms with Gasteiger partial charge in [-0.15, -0.1) is 0 Å². The van der Waals surface area contributed by atoms with Crippen LogP contribution >= 0.6 is 0 Å². The van der Waals surface area contributed by atoms with Crippen LogP contribution in [0, 0.1) is 0 Å². The summed E-state index contributed by atoms with van der Waals surface area (Å²) in [7, 11) is 0. The summed E-state index contributed by atoms with van der Waals surface area (Å²) in [5.74, 6) is -0.381. The van der Waals surface area contributed by atoms with E-state index in [1.807, 2.05) is 12.1 Å². The molecule has 1 rings (SSSR count). The number of hydroxylamine groups is 1. The van der Waals surface area contributed by atoms with Crippen LogP contribution in [-0.2, 0) is 11.2 Å². The van der Waals surface area contributed by atoms with Crippen LogP contribution in [0.1, 0.15) is 25.8 Å². The van der Waals surface area contributed by atoms with Crippen LogP contribution in [0.3, 0.4) is 0 Å². The molecule has 0 saturated heterocycles.